The molecule has 1 aromatic carbocycles. The van der Waals surface area contributed by atoms with Crippen LogP contribution in [-0.2, 0) is 6.54 Å². The number of nitrogens with zero attached hydrogens (tertiary/aromatic N) is 2. The predicted molar refractivity (Wildman–Crippen MR) is 78.4 cm³/mol. The van der Waals surface area contributed by atoms with Gasteiger partial charge in [0.25, 0.3) is 0 Å². The monoisotopic (exact) mass is 256 g/mol. The van der Waals surface area contributed by atoms with Crippen LogP contribution in [0.15, 0.2) is 30.3 Å². The normalized spacial score (nSPS) is 23.7. The van der Waals surface area contributed by atoms with E-state index in [1.54, 1.807) is 0 Å². The molecular weight excluding hydrogens is 232 g/mol. The molecule has 0 aliphatic carbocycles. The molecule has 19 heavy (non-hydrogen) atoms. The maximum atomic E-state index is 8.99. The van der Waals surface area contributed by atoms with Crippen molar-refractivity contribution in [1.82, 2.24) is 4.90 Å². The van der Waals surface area contributed by atoms with Crippen LogP contribution < -0.4 is 0 Å². The molecule has 2 rings (SSSR count). The molecule has 0 radical (unpaired) electrons. The summed E-state index contributed by atoms with van der Waals surface area (Å²) in [6.07, 6.45) is 3.10. The summed E-state index contributed by atoms with van der Waals surface area (Å²) in [5.74, 6) is 1.26. The molecule has 0 amide bonds. The zero-order chi connectivity index (χ0) is 13.7. The molecule has 2 heteroatoms. The maximum Gasteiger partial charge on any atom is 0.0625 e. The van der Waals surface area contributed by atoms with Gasteiger partial charge < -0.3 is 0 Å². The summed E-state index contributed by atoms with van der Waals surface area (Å²) in [6, 6.07) is 13.6. The van der Waals surface area contributed by atoms with Crippen molar-refractivity contribution < 1.29 is 0 Å². The van der Waals surface area contributed by atoms with Crippen LogP contribution in [0.3, 0.4) is 0 Å². The summed E-state index contributed by atoms with van der Waals surface area (Å²) in [5.41, 5.74) is 1.38. The molecule has 2 nitrogen and oxygen atoms in total. The van der Waals surface area contributed by atoms with Crippen LogP contribution in [-0.4, -0.2) is 17.5 Å². The van der Waals surface area contributed by atoms with Crippen molar-refractivity contribution in [2.24, 2.45) is 11.8 Å². The van der Waals surface area contributed by atoms with Crippen LogP contribution in [0.4, 0.5) is 0 Å². The van der Waals surface area contributed by atoms with Crippen molar-refractivity contribution in [3.8, 4) is 6.07 Å². The van der Waals surface area contributed by atoms with Gasteiger partial charge in [0.15, 0.2) is 0 Å². The smallest absolute Gasteiger partial charge is 0.0625 e. The van der Waals surface area contributed by atoms with Crippen LogP contribution in [0.5, 0.6) is 0 Å². The number of benzene rings is 1. The lowest BCUT2D eigenvalue weighted by molar-refractivity contribution is 0.190. The van der Waals surface area contributed by atoms with E-state index in [9.17, 15) is 0 Å². The van der Waals surface area contributed by atoms with Crippen molar-refractivity contribution in [1.29, 1.82) is 5.26 Å². The van der Waals surface area contributed by atoms with Crippen LogP contribution >= 0.6 is 0 Å². The maximum absolute atomic E-state index is 8.99. The molecule has 1 heterocycles. The zero-order valence-electron chi connectivity index (χ0n) is 12.0. The highest BCUT2D eigenvalue weighted by Crippen LogP contribution is 2.32. The van der Waals surface area contributed by atoms with Gasteiger partial charge in [-0.2, -0.15) is 5.26 Å². The first-order chi connectivity index (χ1) is 9.20. The minimum Gasteiger partial charge on any atom is -0.296 e. The Morgan fingerprint density at radius 3 is 2.68 bits per heavy atom. The van der Waals surface area contributed by atoms with Gasteiger partial charge in [-0.25, -0.2) is 0 Å². The van der Waals surface area contributed by atoms with E-state index in [2.05, 4.69) is 55.1 Å². The van der Waals surface area contributed by atoms with Crippen LogP contribution in [0, 0.1) is 23.2 Å². The molecule has 0 N–H and O–H groups in total. The molecule has 1 aliphatic rings. The summed E-state index contributed by atoms with van der Waals surface area (Å²) in [7, 11) is 0. The lowest BCUT2D eigenvalue weighted by Gasteiger charge is -2.29. The standard InChI is InChI=1S/C17H24N2/c1-14(2)12-17-16(8-10-18)9-11-19(17)13-15-6-4-3-5-7-15/h3-7,14,16-17H,8-9,11-13H2,1-2H3. The van der Waals surface area contributed by atoms with Gasteiger partial charge in [-0.3, -0.25) is 4.90 Å². The highest BCUT2D eigenvalue weighted by molar-refractivity contribution is 5.15. The summed E-state index contributed by atoms with van der Waals surface area (Å²) in [4.78, 5) is 2.58. The van der Waals surface area contributed by atoms with Crippen LogP contribution in [0.1, 0.15) is 38.7 Å². The largest absolute Gasteiger partial charge is 0.296 e. The third kappa shape index (κ3) is 3.81. The van der Waals surface area contributed by atoms with Crippen molar-refractivity contribution in [2.45, 2.75) is 45.7 Å². The summed E-state index contributed by atoms with van der Waals surface area (Å²) in [6.45, 7) is 6.73. The minimum atomic E-state index is 0.566. The van der Waals surface area contributed by atoms with E-state index in [4.69, 9.17) is 5.26 Å². The van der Waals surface area contributed by atoms with E-state index in [1.807, 2.05) is 0 Å². The Kier molecular flexibility index (Phi) is 4.99. The lowest BCUT2D eigenvalue weighted by Crippen LogP contribution is -2.33. The van der Waals surface area contributed by atoms with E-state index in [-0.39, 0.29) is 0 Å². The first kappa shape index (κ1) is 14.1. The van der Waals surface area contributed by atoms with Crippen molar-refractivity contribution in [3.05, 3.63) is 35.9 Å². The third-order valence-electron chi connectivity index (χ3n) is 4.10. The average molecular weight is 256 g/mol. The number of likely N-dealkylation sites (tertiary alicyclic amines) is 1. The van der Waals surface area contributed by atoms with Gasteiger partial charge in [0.05, 0.1) is 6.07 Å². The Morgan fingerprint density at radius 2 is 2.05 bits per heavy atom. The fraction of sp³-hybridized carbons (Fsp3) is 0.588. The van der Waals surface area contributed by atoms with Crippen molar-refractivity contribution in [3.63, 3.8) is 0 Å². The van der Waals surface area contributed by atoms with Crippen LogP contribution in [0.2, 0.25) is 0 Å². The lowest BCUT2D eigenvalue weighted by atomic mass is 9.90. The molecule has 0 saturated carbocycles. The third-order valence-corrected chi connectivity index (χ3v) is 4.10. The van der Waals surface area contributed by atoms with Gasteiger partial charge in [-0.05, 0) is 36.8 Å². The Labute approximate surface area is 117 Å². The van der Waals surface area contributed by atoms with Gasteiger partial charge in [0.2, 0.25) is 0 Å². The number of rotatable bonds is 5. The van der Waals surface area contributed by atoms with E-state index in [0.29, 0.717) is 24.3 Å². The molecule has 1 aromatic rings. The van der Waals surface area contributed by atoms with Gasteiger partial charge in [-0.15, -0.1) is 0 Å². The van der Waals surface area contributed by atoms with Crippen molar-refractivity contribution >= 4 is 0 Å². The molecule has 1 fully saturated rings. The molecule has 2 unspecified atom stereocenters. The summed E-state index contributed by atoms with van der Waals surface area (Å²) >= 11 is 0. The van der Waals surface area contributed by atoms with Gasteiger partial charge in [-0.1, -0.05) is 44.2 Å². The minimum absolute atomic E-state index is 0.566. The summed E-state index contributed by atoms with van der Waals surface area (Å²) in [5, 5.41) is 8.99. The fourth-order valence-electron chi connectivity index (χ4n) is 3.18. The van der Waals surface area contributed by atoms with E-state index < -0.39 is 0 Å². The quantitative estimate of drug-likeness (QED) is 0.800. The molecule has 0 aromatic heterocycles. The van der Waals surface area contributed by atoms with Gasteiger partial charge >= 0.3 is 0 Å². The fourth-order valence-corrected chi connectivity index (χ4v) is 3.18. The first-order valence-electron chi connectivity index (χ1n) is 7.35. The Morgan fingerprint density at radius 1 is 1.32 bits per heavy atom. The van der Waals surface area contributed by atoms with Gasteiger partial charge in [0.1, 0.15) is 0 Å². The summed E-state index contributed by atoms with van der Waals surface area (Å²) < 4.78 is 0. The second kappa shape index (κ2) is 6.73. The number of hydrogen-bond donors (Lipinski definition) is 0. The molecule has 2 atom stereocenters. The Bertz CT molecular complexity index is 419. The topological polar surface area (TPSA) is 27.0 Å². The molecule has 1 aliphatic heterocycles. The van der Waals surface area contributed by atoms with E-state index >= 15 is 0 Å². The van der Waals surface area contributed by atoms with Gasteiger partial charge in [0, 0.05) is 19.0 Å². The molecule has 0 spiro atoms. The molecular formula is C17H24N2. The highest BCUT2D eigenvalue weighted by atomic mass is 15.2. The van der Waals surface area contributed by atoms with Crippen LogP contribution in [0.25, 0.3) is 0 Å². The van der Waals surface area contributed by atoms with E-state index in [0.717, 1.165) is 13.1 Å². The van der Waals surface area contributed by atoms with Crippen molar-refractivity contribution in [2.75, 3.05) is 6.54 Å². The predicted octanol–water partition coefficient (Wildman–Crippen LogP) is 3.84. The molecule has 102 valence electrons. The first-order valence-corrected chi connectivity index (χ1v) is 7.35. The number of nitriles is 1. The zero-order valence-corrected chi connectivity index (χ0v) is 12.0. The number of hydrogen-bond acceptors (Lipinski definition) is 2. The average Bonchev–Trinajstić information content (AvgIpc) is 2.74. The second-order valence-corrected chi connectivity index (χ2v) is 6.06. The second-order valence-electron chi connectivity index (χ2n) is 6.06. The van der Waals surface area contributed by atoms with E-state index in [1.165, 1.54) is 18.4 Å². The SMILES string of the molecule is CC(C)CC1C(CC#N)CCN1Cc1ccccc1. The Hall–Kier alpha value is -1.33. The molecule has 0 bridgehead atoms. The highest BCUT2D eigenvalue weighted by Gasteiger charge is 2.33. The molecule has 1 saturated heterocycles. The Balaban J connectivity index is 2.04.